The van der Waals surface area contributed by atoms with Crippen LogP contribution in [0.15, 0.2) is 121 Å². The lowest BCUT2D eigenvalue weighted by Gasteiger charge is -2.45. The SMILES string of the molecule is CC(=O)CO[C@@H]1OC(COCc2ccccc2)[C@@H](OCc2ccccc2)C(OCc2ccccc2)C1OCc1ccccc1. The summed E-state index contributed by atoms with van der Waals surface area (Å²) in [7, 11) is 0. The molecule has 5 rings (SSSR count). The highest BCUT2D eigenvalue weighted by Crippen LogP contribution is 2.31. The smallest absolute Gasteiger partial charge is 0.187 e. The Bertz CT molecular complexity index is 1370. The minimum atomic E-state index is -0.884. The molecular weight excluding hydrogens is 556 g/mol. The van der Waals surface area contributed by atoms with Gasteiger partial charge in [0.15, 0.2) is 12.1 Å². The molecule has 4 aromatic carbocycles. The predicted octanol–water partition coefficient (Wildman–Crippen LogP) is 6.29. The molecular formula is C37H40O7. The highest BCUT2D eigenvalue weighted by atomic mass is 16.7. The zero-order valence-corrected chi connectivity index (χ0v) is 25.0. The number of carbonyl (C=O) groups is 1. The van der Waals surface area contributed by atoms with E-state index in [0.29, 0.717) is 26.4 Å². The first-order chi connectivity index (χ1) is 21.7. The van der Waals surface area contributed by atoms with Crippen molar-refractivity contribution in [3.8, 4) is 0 Å². The van der Waals surface area contributed by atoms with Crippen LogP contribution in [0.5, 0.6) is 0 Å². The summed E-state index contributed by atoms with van der Waals surface area (Å²) in [4.78, 5) is 12.0. The fraction of sp³-hybridized carbons (Fsp3) is 0.324. The number of carbonyl (C=O) groups excluding carboxylic acids is 1. The summed E-state index contributed by atoms with van der Waals surface area (Å²) < 4.78 is 38.5. The van der Waals surface area contributed by atoms with E-state index in [1.54, 1.807) is 0 Å². The van der Waals surface area contributed by atoms with Crippen molar-refractivity contribution in [2.45, 2.75) is 64.1 Å². The molecule has 0 aromatic heterocycles. The minimum Gasteiger partial charge on any atom is -0.374 e. The fourth-order valence-electron chi connectivity index (χ4n) is 5.08. The lowest BCUT2D eigenvalue weighted by atomic mass is 9.97. The van der Waals surface area contributed by atoms with Crippen molar-refractivity contribution in [2.24, 2.45) is 0 Å². The van der Waals surface area contributed by atoms with Crippen LogP contribution in [-0.2, 0) is 59.6 Å². The molecule has 7 nitrogen and oxygen atoms in total. The quantitative estimate of drug-likeness (QED) is 0.151. The third-order valence-corrected chi connectivity index (χ3v) is 7.29. The first kappa shape index (κ1) is 31.7. The second kappa shape index (κ2) is 17.0. The molecule has 4 aromatic rings. The Morgan fingerprint density at radius 3 is 1.41 bits per heavy atom. The van der Waals surface area contributed by atoms with Gasteiger partial charge in [-0.2, -0.15) is 0 Å². The van der Waals surface area contributed by atoms with Gasteiger partial charge in [0, 0.05) is 0 Å². The number of benzene rings is 4. The average molecular weight is 597 g/mol. The van der Waals surface area contributed by atoms with E-state index < -0.39 is 30.7 Å². The molecule has 1 aliphatic heterocycles. The van der Waals surface area contributed by atoms with Crippen LogP contribution in [0.2, 0.25) is 0 Å². The Labute approximate surface area is 259 Å². The standard InChI is InChI=1S/C37H40O7/c1-28(38)22-43-37-36(42-26-32-20-12-5-13-21-32)35(41-25-31-18-10-4-11-19-31)34(40-24-30-16-8-3-9-17-30)33(44-37)27-39-23-29-14-6-2-7-15-29/h2-21,33-37H,22-27H2,1H3/t33?,34-,35?,36?,37-/m1/s1. The summed E-state index contributed by atoms with van der Waals surface area (Å²) in [5.74, 6) is -0.114. The van der Waals surface area contributed by atoms with Crippen LogP contribution < -0.4 is 0 Å². The molecule has 7 heteroatoms. The summed E-state index contributed by atoms with van der Waals surface area (Å²) in [5.41, 5.74) is 4.08. The Hall–Kier alpha value is -3.69. The molecule has 44 heavy (non-hydrogen) atoms. The zero-order valence-electron chi connectivity index (χ0n) is 25.0. The van der Waals surface area contributed by atoms with Gasteiger partial charge in [0.05, 0.1) is 33.0 Å². The Morgan fingerprint density at radius 1 is 0.545 bits per heavy atom. The molecule has 0 aliphatic carbocycles. The average Bonchev–Trinajstić information content (AvgIpc) is 3.07. The third kappa shape index (κ3) is 9.66. The van der Waals surface area contributed by atoms with Crippen LogP contribution in [0.4, 0.5) is 0 Å². The molecule has 5 atom stereocenters. The summed E-state index contributed by atoms with van der Waals surface area (Å²) >= 11 is 0. The van der Waals surface area contributed by atoms with E-state index in [9.17, 15) is 4.79 Å². The monoisotopic (exact) mass is 596 g/mol. The van der Waals surface area contributed by atoms with Crippen molar-refractivity contribution in [3.63, 3.8) is 0 Å². The van der Waals surface area contributed by atoms with Crippen molar-refractivity contribution in [2.75, 3.05) is 13.2 Å². The van der Waals surface area contributed by atoms with Gasteiger partial charge in [0.2, 0.25) is 0 Å². The van der Waals surface area contributed by atoms with Gasteiger partial charge in [0.25, 0.3) is 0 Å². The molecule has 3 unspecified atom stereocenters. The maximum Gasteiger partial charge on any atom is 0.187 e. The Balaban J connectivity index is 1.42. The number of hydrogen-bond acceptors (Lipinski definition) is 7. The molecule has 1 aliphatic rings. The van der Waals surface area contributed by atoms with Crippen LogP contribution >= 0.6 is 0 Å². The van der Waals surface area contributed by atoms with Gasteiger partial charge >= 0.3 is 0 Å². The van der Waals surface area contributed by atoms with Crippen molar-refractivity contribution >= 4 is 5.78 Å². The molecule has 0 radical (unpaired) electrons. The van der Waals surface area contributed by atoms with E-state index in [1.165, 1.54) is 6.92 Å². The number of Topliss-reactive ketones (excluding diaryl/α,β-unsaturated/α-hetero) is 1. The van der Waals surface area contributed by atoms with Crippen LogP contribution in [-0.4, -0.2) is 49.7 Å². The van der Waals surface area contributed by atoms with Crippen molar-refractivity contribution < 1.29 is 33.2 Å². The molecule has 0 N–H and O–H groups in total. The van der Waals surface area contributed by atoms with Crippen LogP contribution in [0.1, 0.15) is 29.2 Å². The van der Waals surface area contributed by atoms with E-state index >= 15 is 0 Å². The largest absolute Gasteiger partial charge is 0.374 e. The Kier molecular flexibility index (Phi) is 12.2. The van der Waals surface area contributed by atoms with E-state index in [-0.39, 0.29) is 19.0 Å². The van der Waals surface area contributed by atoms with Gasteiger partial charge in [-0.05, 0) is 29.2 Å². The van der Waals surface area contributed by atoms with Gasteiger partial charge in [-0.15, -0.1) is 0 Å². The number of ketones is 1. The summed E-state index contributed by atoms with van der Waals surface area (Å²) in [6.07, 6.45) is -3.29. The first-order valence-electron chi connectivity index (χ1n) is 15.0. The minimum absolute atomic E-state index is 0.114. The normalized spacial score (nSPS) is 21.6. The lowest BCUT2D eigenvalue weighted by molar-refractivity contribution is -0.326. The van der Waals surface area contributed by atoms with Crippen LogP contribution in [0.25, 0.3) is 0 Å². The molecule has 230 valence electrons. The Morgan fingerprint density at radius 2 is 0.955 bits per heavy atom. The van der Waals surface area contributed by atoms with Gasteiger partial charge in [0.1, 0.15) is 31.0 Å². The van der Waals surface area contributed by atoms with Crippen LogP contribution in [0.3, 0.4) is 0 Å². The summed E-state index contributed by atoms with van der Waals surface area (Å²) in [6.45, 7) is 2.99. The second-order valence-electron chi connectivity index (χ2n) is 10.8. The van der Waals surface area contributed by atoms with Gasteiger partial charge in [-0.3, -0.25) is 4.79 Å². The van der Waals surface area contributed by atoms with Gasteiger partial charge < -0.3 is 28.4 Å². The number of rotatable bonds is 16. The molecule has 0 bridgehead atoms. The summed E-state index contributed by atoms with van der Waals surface area (Å²) in [6, 6.07) is 39.8. The molecule has 0 amide bonds. The van der Waals surface area contributed by atoms with Crippen molar-refractivity contribution in [1.29, 1.82) is 0 Å². The van der Waals surface area contributed by atoms with Gasteiger partial charge in [-0.1, -0.05) is 121 Å². The lowest BCUT2D eigenvalue weighted by Crippen LogP contribution is -2.62. The van der Waals surface area contributed by atoms with E-state index in [1.807, 2.05) is 121 Å². The van der Waals surface area contributed by atoms with Crippen LogP contribution in [0, 0.1) is 0 Å². The van der Waals surface area contributed by atoms with Gasteiger partial charge in [-0.25, -0.2) is 0 Å². The maximum atomic E-state index is 12.0. The van der Waals surface area contributed by atoms with E-state index in [0.717, 1.165) is 22.3 Å². The van der Waals surface area contributed by atoms with Crippen molar-refractivity contribution in [3.05, 3.63) is 144 Å². The maximum absolute atomic E-state index is 12.0. The molecule has 1 fully saturated rings. The number of ether oxygens (including phenoxy) is 6. The summed E-state index contributed by atoms with van der Waals surface area (Å²) in [5, 5.41) is 0. The number of hydrogen-bond donors (Lipinski definition) is 0. The first-order valence-corrected chi connectivity index (χ1v) is 15.0. The fourth-order valence-corrected chi connectivity index (χ4v) is 5.08. The van der Waals surface area contributed by atoms with Crippen molar-refractivity contribution in [1.82, 2.24) is 0 Å². The molecule has 0 saturated carbocycles. The molecule has 1 saturated heterocycles. The molecule has 0 spiro atoms. The van der Waals surface area contributed by atoms with E-state index in [4.69, 9.17) is 28.4 Å². The predicted molar refractivity (Wildman–Crippen MR) is 166 cm³/mol. The third-order valence-electron chi connectivity index (χ3n) is 7.29. The highest BCUT2D eigenvalue weighted by Gasteiger charge is 2.49. The molecule has 1 heterocycles. The second-order valence-corrected chi connectivity index (χ2v) is 10.8. The highest BCUT2D eigenvalue weighted by molar-refractivity contribution is 5.76. The van der Waals surface area contributed by atoms with E-state index in [2.05, 4.69) is 0 Å². The topological polar surface area (TPSA) is 72.5 Å². The zero-order chi connectivity index (χ0) is 30.4.